The van der Waals surface area contributed by atoms with E-state index in [9.17, 15) is 4.79 Å². The highest BCUT2D eigenvalue weighted by Gasteiger charge is 2.24. The zero-order valence-electron chi connectivity index (χ0n) is 17.3. The number of rotatable bonds is 5. The van der Waals surface area contributed by atoms with E-state index in [-0.39, 0.29) is 5.91 Å². The molecule has 1 N–H and O–H groups in total. The quantitative estimate of drug-likeness (QED) is 0.271. The van der Waals surface area contributed by atoms with E-state index in [1.807, 2.05) is 84.9 Å². The van der Waals surface area contributed by atoms with Crippen molar-refractivity contribution in [3.8, 4) is 10.6 Å². The van der Waals surface area contributed by atoms with E-state index in [2.05, 4.69) is 5.32 Å². The van der Waals surface area contributed by atoms with Gasteiger partial charge in [0.15, 0.2) is 0 Å². The lowest BCUT2D eigenvalue weighted by Gasteiger charge is -2.19. The molecule has 1 amide bonds. The number of nitrogens with one attached hydrogen (secondary N) is 1. The number of hydrogen-bond donors (Lipinski definition) is 1. The first-order chi connectivity index (χ1) is 16.1. The van der Waals surface area contributed by atoms with Crippen molar-refractivity contribution in [1.82, 2.24) is 4.98 Å². The van der Waals surface area contributed by atoms with Gasteiger partial charge in [-0.3, -0.25) is 4.79 Å². The van der Waals surface area contributed by atoms with Gasteiger partial charge in [0, 0.05) is 5.56 Å². The Kier molecular flexibility index (Phi) is 6.14. The minimum atomic E-state index is -0.481. The normalized spacial score (nSPS) is 11.1. The first-order valence-corrected chi connectivity index (χ1v) is 11.9. The van der Waals surface area contributed by atoms with Crippen LogP contribution in [0.5, 0.6) is 0 Å². The third-order valence-electron chi connectivity index (χ3n) is 5.37. The maximum Gasteiger partial charge on any atom is 0.236 e. The molecule has 0 fully saturated rings. The smallest absolute Gasteiger partial charge is 0.236 e. The van der Waals surface area contributed by atoms with Gasteiger partial charge in [0.25, 0.3) is 0 Å². The standard InChI is InChI=1S/C27H18Cl2N2OS/c28-20-16-21(29)23(15-19(20)27-31-22-13-7-8-14-24(22)33-27)30-26(32)25(17-9-3-1-4-10-17)18-11-5-2-6-12-18/h1-16,25H,(H,30,32). The van der Waals surface area contributed by atoms with Crippen LogP contribution in [-0.2, 0) is 4.79 Å². The van der Waals surface area contributed by atoms with Gasteiger partial charge in [-0.2, -0.15) is 0 Å². The van der Waals surface area contributed by atoms with Gasteiger partial charge >= 0.3 is 0 Å². The van der Waals surface area contributed by atoms with E-state index in [4.69, 9.17) is 28.2 Å². The topological polar surface area (TPSA) is 42.0 Å². The third-order valence-corrected chi connectivity index (χ3v) is 7.06. The van der Waals surface area contributed by atoms with Gasteiger partial charge in [0.05, 0.1) is 31.9 Å². The second-order valence-electron chi connectivity index (χ2n) is 7.54. The lowest BCUT2D eigenvalue weighted by Crippen LogP contribution is -2.22. The number of aromatic nitrogens is 1. The molecule has 162 valence electrons. The lowest BCUT2D eigenvalue weighted by molar-refractivity contribution is -0.116. The van der Waals surface area contributed by atoms with Gasteiger partial charge in [0.1, 0.15) is 5.01 Å². The summed E-state index contributed by atoms with van der Waals surface area (Å²) in [5, 5.41) is 4.66. The summed E-state index contributed by atoms with van der Waals surface area (Å²) < 4.78 is 1.07. The molecular formula is C27H18Cl2N2OS. The van der Waals surface area contributed by atoms with Gasteiger partial charge in [-0.25, -0.2) is 4.98 Å². The van der Waals surface area contributed by atoms with Crippen LogP contribution < -0.4 is 5.32 Å². The zero-order valence-corrected chi connectivity index (χ0v) is 19.7. The fraction of sp³-hybridized carbons (Fsp3) is 0.0370. The summed E-state index contributed by atoms with van der Waals surface area (Å²) in [6, 6.07) is 30.8. The number of thiazole rings is 1. The molecule has 0 radical (unpaired) electrons. The second kappa shape index (κ2) is 9.36. The molecule has 0 saturated carbocycles. The van der Waals surface area contributed by atoms with Crippen LogP contribution in [0.3, 0.4) is 0 Å². The van der Waals surface area contributed by atoms with Gasteiger partial charge in [-0.1, -0.05) is 96.0 Å². The van der Waals surface area contributed by atoms with Crippen molar-refractivity contribution in [3.63, 3.8) is 0 Å². The molecule has 0 unspecified atom stereocenters. The summed E-state index contributed by atoms with van der Waals surface area (Å²) in [5.41, 5.74) is 3.93. The van der Waals surface area contributed by atoms with Crippen LogP contribution in [0.2, 0.25) is 10.0 Å². The summed E-state index contributed by atoms with van der Waals surface area (Å²) in [5.74, 6) is -0.656. The van der Waals surface area contributed by atoms with Crippen LogP contribution in [0.25, 0.3) is 20.8 Å². The molecule has 0 aliphatic rings. The summed E-state index contributed by atoms with van der Waals surface area (Å²) in [6.07, 6.45) is 0. The van der Waals surface area contributed by atoms with Crippen molar-refractivity contribution >= 4 is 56.3 Å². The molecule has 0 aliphatic carbocycles. The maximum absolute atomic E-state index is 13.5. The molecule has 0 bridgehead atoms. The number of carbonyl (C=O) groups is 1. The van der Waals surface area contributed by atoms with Crippen molar-refractivity contribution in [2.45, 2.75) is 5.92 Å². The molecule has 1 heterocycles. The van der Waals surface area contributed by atoms with Gasteiger partial charge in [-0.15, -0.1) is 11.3 Å². The average molecular weight is 489 g/mol. The predicted octanol–water partition coefficient (Wildman–Crippen LogP) is 8.04. The number of para-hydroxylation sites is 1. The molecule has 1 aromatic heterocycles. The Labute approximate surface area is 205 Å². The van der Waals surface area contributed by atoms with E-state index < -0.39 is 5.92 Å². The van der Waals surface area contributed by atoms with E-state index >= 15 is 0 Å². The van der Waals surface area contributed by atoms with Crippen LogP contribution in [0, 0.1) is 0 Å². The summed E-state index contributed by atoms with van der Waals surface area (Å²) in [6.45, 7) is 0. The largest absolute Gasteiger partial charge is 0.324 e. The number of nitrogens with zero attached hydrogens (tertiary/aromatic N) is 1. The maximum atomic E-state index is 13.5. The first kappa shape index (κ1) is 21.7. The van der Waals surface area contributed by atoms with Crippen LogP contribution in [-0.4, -0.2) is 10.9 Å². The monoisotopic (exact) mass is 488 g/mol. The SMILES string of the molecule is O=C(Nc1cc(-c2nc3ccccc3s2)c(Cl)cc1Cl)C(c1ccccc1)c1ccccc1. The highest BCUT2D eigenvalue weighted by molar-refractivity contribution is 7.21. The van der Waals surface area contributed by atoms with Crippen molar-refractivity contribution in [2.75, 3.05) is 5.32 Å². The van der Waals surface area contributed by atoms with Crippen LogP contribution >= 0.6 is 34.5 Å². The predicted molar refractivity (Wildman–Crippen MR) is 138 cm³/mol. The molecular weight excluding hydrogens is 471 g/mol. The van der Waals surface area contributed by atoms with Crippen LogP contribution in [0.15, 0.2) is 97.1 Å². The molecule has 4 aromatic carbocycles. The van der Waals surface area contributed by atoms with E-state index in [1.54, 1.807) is 23.5 Å². The van der Waals surface area contributed by atoms with E-state index in [0.29, 0.717) is 15.7 Å². The Morgan fingerprint density at radius 2 is 1.39 bits per heavy atom. The number of fused-ring (bicyclic) bond motifs is 1. The summed E-state index contributed by atoms with van der Waals surface area (Å²) >= 11 is 14.6. The molecule has 5 rings (SSSR count). The molecule has 0 aliphatic heterocycles. The molecule has 0 saturated heterocycles. The summed E-state index contributed by atoms with van der Waals surface area (Å²) in [4.78, 5) is 18.2. The van der Waals surface area contributed by atoms with Crippen molar-refractivity contribution in [2.24, 2.45) is 0 Å². The third kappa shape index (κ3) is 4.51. The molecule has 3 nitrogen and oxygen atoms in total. The van der Waals surface area contributed by atoms with Gasteiger partial charge < -0.3 is 5.32 Å². The number of carbonyl (C=O) groups excluding carboxylic acids is 1. The Bertz CT molecular complexity index is 1360. The Morgan fingerprint density at radius 3 is 2.03 bits per heavy atom. The number of halogens is 2. The van der Waals surface area contributed by atoms with Crippen LogP contribution in [0.4, 0.5) is 5.69 Å². The molecule has 5 aromatic rings. The molecule has 0 spiro atoms. The second-order valence-corrected chi connectivity index (χ2v) is 9.39. The molecule has 0 atom stereocenters. The van der Waals surface area contributed by atoms with Crippen molar-refractivity contribution in [3.05, 3.63) is 118 Å². The minimum absolute atomic E-state index is 0.174. The highest BCUT2D eigenvalue weighted by atomic mass is 35.5. The van der Waals surface area contributed by atoms with E-state index in [0.717, 1.165) is 31.9 Å². The van der Waals surface area contributed by atoms with Crippen molar-refractivity contribution in [1.29, 1.82) is 0 Å². The van der Waals surface area contributed by atoms with Gasteiger partial charge in [0.2, 0.25) is 5.91 Å². The minimum Gasteiger partial charge on any atom is -0.324 e. The number of anilines is 1. The first-order valence-electron chi connectivity index (χ1n) is 10.4. The number of hydrogen-bond acceptors (Lipinski definition) is 3. The number of benzene rings is 4. The van der Waals surface area contributed by atoms with Crippen LogP contribution in [0.1, 0.15) is 17.0 Å². The Morgan fingerprint density at radius 1 is 0.788 bits per heavy atom. The zero-order chi connectivity index (χ0) is 22.8. The fourth-order valence-electron chi connectivity index (χ4n) is 3.79. The Balaban J connectivity index is 1.52. The Hall–Kier alpha value is -3.18. The lowest BCUT2D eigenvalue weighted by atomic mass is 9.90. The average Bonchev–Trinajstić information content (AvgIpc) is 3.26. The highest BCUT2D eigenvalue weighted by Crippen LogP contribution is 2.39. The molecule has 33 heavy (non-hydrogen) atoms. The fourth-order valence-corrected chi connectivity index (χ4v) is 5.36. The van der Waals surface area contributed by atoms with Gasteiger partial charge in [-0.05, 0) is 35.4 Å². The molecule has 6 heteroatoms. The summed E-state index contributed by atoms with van der Waals surface area (Å²) in [7, 11) is 0. The number of amides is 1. The van der Waals surface area contributed by atoms with E-state index in [1.165, 1.54) is 0 Å². The van der Waals surface area contributed by atoms with Crippen molar-refractivity contribution < 1.29 is 4.79 Å².